The highest BCUT2D eigenvalue weighted by molar-refractivity contribution is 5.79. The fraction of sp³-hybridized carbons (Fsp3) is 0.200. The molecule has 0 aliphatic heterocycles. The minimum Gasteiger partial charge on any atom is -0.497 e. The molecule has 0 radical (unpaired) electrons. The SMILES string of the molecule is COc1ccc2oc(Cc3cc(=O)[nH]nc3C)cc2c1. The van der Waals surface area contributed by atoms with Gasteiger partial charge in [-0.2, -0.15) is 5.10 Å². The molecule has 0 saturated carbocycles. The number of nitrogens with zero attached hydrogens (tertiary/aromatic N) is 1. The monoisotopic (exact) mass is 270 g/mol. The summed E-state index contributed by atoms with van der Waals surface area (Å²) < 4.78 is 11.0. The Hall–Kier alpha value is -2.56. The first-order valence-electron chi connectivity index (χ1n) is 6.27. The van der Waals surface area contributed by atoms with Crippen molar-refractivity contribution in [3.05, 3.63) is 57.7 Å². The molecule has 5 nitrogen and oxygen atoms in total. The van der Waals surface area contributed by atoms with Gasteiger partial charge >= 0.3 is 0 Å². The number of H-pyrrole nitrogens is 1. The lowest BCUT2D eigenvalue weighted by Gasteiger charge is -2.00. The average molecular weight is 270 g/mol. The molecule has 20 heavy (non-hydrogen) atoms. The number of furan rings is 1. The molecule has 0 bridgehead atoms. The summed E-state index contributed by atoms with van der Waals surface area (Å²) in [6.45, 7) is 1.86. The first kappa shape index (κ1) is 12.5. The van der Waals surface area contributed by atoms with Crippen LogP contribution in [0, 0.1) is 6.92 Å². The van der Waals surface area contributed by atoms with E-state index in [2.05, 4.69) is 10.2 Å². The van der Waals surface area contributed by atoms with E-state index < -0.39 is 0 Å². The summed E-state index contributed by atoms with van der Waals surface area (Å²) in [6, 6.07) is 9.16. The fourth-order valence-electron chi connectivity index (χ4n) is 2.16. The van der Waals surface area contributed by atoms with Gasteiger partial charge in [-0.15, -0.1) is 0 Å². The molecule has 0 spiro atoms. The third-order valence-corrected chi connectivity index (χ3v) is 3.24. The number of hydrogen-bond donors (Lipinski definition) is 1. The Morgan fingerprint density at radius 2 is 2.15 bits per heavy atom. The van der Waals surface area contributed by atoms with E-state index in [9.17, 15) is 4.79 Å². The van der Waals surface area contributed by atoms with Gasteiger partial charge in [0.2, 0.25) is 0 Å². The van der Waals surface area contributed by atoms with Gasteiger partial charge < -0.3 is 9.15 Å². The maximum Gasteiger partial charge on any atom is 0.264 e. The van der Waals surface area contributed by atoms with Crippen molar-refractivity contribution < 1.29 is 9.15 Å². The third kappa shape index (κ3) is 2.30. The van der Waals surface area contributed by atoms with Crippen LogP contribution in [0.4, 0.5) is 0 Å². The second-order valence-corrected chi connectivity index (χ2v) is 4.64. The normalized spacial score (nSPS) is 10.9. The summed E-state index contributed by atoms with van der Waals surface area (Å²) in [5.41, 5.74) is 2.25. The highest BCUT2D eigenvalue weighted by atomic mass is 16.5. The summed E-state index contributed by atoms with van der Waals surface area (Å²) in [7, 11) is 1.63. The van der Waals surface area contributed by atoms with Crippen molar-refractivity contribution in [1.29, 1.82) is 0 Å². The van der Waals surface area contributed by atoms with Gasteiger partial charge in [-0.3, -0.25) is 4.79 Å². The molecule has 1 aromatic carbocycles. The largest absolute Gasteiger partial charge is 0.497 e. The maximum absolute atomic E-state index is 11.3. The molecule has 3 aromatic rings. The number of benzene rings is 1. The second-order valence-electron chi connectivity index (χ2n) is 4.64. The number of hydrogen-bond acceptors (Lipinski definition) is 4. The minimum atomic E-state index is -0.205. The van der Waals surface area contributed by atoms with Gasteiger partial charge in [-0.05, 0) is 36.8 Å². The van der Waals surface area contributed by atoms with Crippen LogP contribution < -0.4 is 10.3 Å². The Kier molecular flexibility index (Phi) is 3.02. The lowest BCUT2D eigenvalue weighted by atomic mass is 10.1. The average Bonchev–Trinajstić information content (AvgIpc) is 2.84. The standard InChI is InChI=1S/C15H14N2O3/c1-9-10(8-15(18)17-16-9)5-13-7-11-6-12(19-2)3-4-14(11)20-13/h3-4,6-8H,5H2,1-2H3,(H,17,18). The van der Waals surface area contributed by atoms with Crippen LogP contribution in [0.2, 0.25) is 0 Å². The van der Waals surface area contributed by atoms with E-state index in [1.54, 1.807) is 13.2 Å². The Morgan fingerprint density at radius 1 is 1.30 bits per heavy atom. The third-order valence-electron chi connectivity index (χ3n) is 3.24. The Labute approximate surface area is 115 Å². The molecule has 0 atom stereocenters. The zero-order valence-corrected chi connectivity index (χ0v) is 11.3. The molecule has 3 rings (SSSR count). The molecule has 0 saturated heterocycles. The van der Waals surface area contributed by atoms with Crippen LogP contribution in [0.25, 0.3) is 11.0 Å². The topological polar surface area (TPSA) is 68.1 Å². The fourth-order valence-corrected chi connectivity index (χ4v) is 2.16. The zero-order chi connectivity index (χ0) is 14.1. The van der Waals surface area contributed by atoms with Crippen LogP contribution in [-0.4, -0.2) is 17.3 Å². The smallest absolute Gasteiger partial charge is 0.264 e. The van der Waals surface area contributed by atoms with Gasteiger partial charge in [0.05, 0.1) is 12.8 Å². The number of methoxy groups -OCH3 is 1. The molecular formula is C15H14N2O3. The van der Waals surface area contributed by atoms with E-state index in [4.69, 9.17) is 9.15 Å². The van der Waals surface area contributed by atoms with Crippen LogP contribution in [0.15, 0.2) is 39.5 Å². The van der Waals surface area contributed by atoms with Crippen molar-refractivity contribution in [3.8, 4) is 5.75 Å². The summed E-state index contributed by atoms with van der Waals surface area (Å²) in [6.07, 6.45) is 0.541. The van der Waals surface area contributed by atoms with E-state index in [1.807, 2.05) is 31.2 Å². The second kappa shape index (κ2) is 4.85. The van der Waals surface area contributed by atoms with Crippen molar-refractivity contribution in [2.24, 2.45) is 0 Å². The van der Waals surface area contributed by atoms with Crippen LogP contribution in [0.1, 0.15) is 17.0 Å². The van der Waals surface area contributed by atoms with Crippen LogP contribution in [0.5, 0.6) is 5.75 Å². The Bertz CT molecular complexity index is 817. The van der Waals surface area contributed by atoms with E-state index in [-0.39, 0.29) is 5.56 Å². The van der Waals surface area contributed by atoms with Crippen molar-refractivity contribution in [2.75, 3.05) is 7.11 Å². The zero-order valence-electron chi connectivity index (χ0n) is 11.3. The van der Waals surface area contributed by atoms with E-state index in [0.717, 1.165) is 33.7 Å². The first-order valence-corrected chi connectivity index (χ1v) is 6.27. The molecule has 5 heteroatoms. The highest BCUT2D eigenvalue weighted by Gasteiger charge is 2.08. The molecule has 2 aromatic heterocycles. The van der Waals surface area contributed by atoms with Crippen molar-refractivity contribution in [2.45, 2.75) is 13.3 Å². The van der Waals surface area contributed by atoms with Crippen molar-refractivity contribution >= 4 is 11.0 Å². The first-order chi connectivity index (χ1) is 9.65. The van der Waals surface area contributed by atoms with Gasteiger partial charge in [-0.1, -0.05) is 0 Å². The molecule has 102 valence electrons. The predicted molar refractivity (Wildman–Crippen MR) is 75.2 cm³/mol. The van der Waals surface area contributed by atoms with E-state index in [0.29, 0.717) is 6.42 Å². The maximum atomic E-state index is 11.3. The van der Waals surface area contributed by atoms with E-state index >= 15 is 0 Å². The van der Waals surface area contributed by atoms with Gasteiger partial charge in [0.25, 0.3) is 5.56 Å². The van der Waals surface area contributed by atoms with Gasteiger partial charge in [0, 0.05) is 17.9 Å². The lowest BCUT2D eigenvalue weighted by Crippen LogP contribution is -2.10. The van der Waals surface area contributed by atoms with Gasteiger partial charge in [0.15, 0.2) is 0 Å². The molecule has 1 N–H and O–H groups in total. The molecule has 0 aliphatic carbocycles. The van der Waals surface area contributed by atoms with Gasteiger partial charge in [-0.25, -0.2) is 5.10 Å². The number of fused-ring (bicyclic) bond motifs is 1. The summed E-state index contributed by atoms with van der Waals surface area (Å²) >= 11 is 0. The van der Waals surface area contributed by atoms with Crippen LogP contribution >= 0.6 is 0 Å². The minimum absolute atomic E-state index is 0.205. The number of ether oxygens (including phenoxy) is 1. The van der Waals surface area contributed by atoms with Crippen molar-refractivity contribution in [1.82, 2.24) is 10.2 Å². The summed E-state index contributed by atoms with van der Waals surface area (Å²) in [5.74, 6) is 1.59. The van der Waals surface area contributed by atoms with Crippen molar-refractivity contribution in [3.63, 3.8) is 0 Å². The lowest BCUT2D eigenvalue weighted by molar-refractivity contribution is 0.415. The highest BCUT2D eigenvalue weighted by Crippen LogP contribution is 2.25. The number of rotatable bonds is 3. The predicted octanol–water partition coefficient (Wildman–Crippen LogP) is 2.42. The molecule has 2 heterocycles. The molecule has 0 fully saturated rings. The summed E-state index contributed by atoms with van der Waals surface area (Å²) in [4.78, 5) is 11.3. The Balaban J connectivity index is 1.98. The quantitative estimate of drug-likeness (QED) is 0.793. The van der Waals surface area contributed by atoms with Gasteiger partial charge in [0.1, 0.15) is 17.1 Å². The van der Waals surface area contributed by atoms with Crippen LogP contribution in [-0.2, 0) is 6.42 Å². The molecule has 0 aliphatic rings. The molecule has 0 amide bonds. The number of nitrogens with one attached hydrogen (secondary N) is 1. The molecular weight excluding hydrogens is 256 g/mol. The molecule has 0 unspecified atom stereocenters. The van der Waals surface area contributed by atoms with E-state index in [1.165, 1.54) is 0 Å². The van der Waals surface area contributed by atoms with Crippen LogP contribution in [0.3, 0.4) is 0 Å². The number of aromatic nitrogens is 2. The Morgan fingerprint density at radius 3 is 2.95 bits per heavy atom. The summed E-state index contributed by atoms with van der Waals surface area (Å²) in [5, 5.41) is 7.35. The number of aromatic amines is 1. The number of aryl methyl sites for hydroxylation is 1.